The van der Waals surface area contributed by atoms with Gasteiger partial charge >= 0.3 is 5.97 Å². The van der Waals surface area contributed by atoms with Gasteiger partial charge in [0.1, 0.15) is 0 Å². The number of nitrogens with zero attached hydrogens (tertiary/aromatic N) is 1. The number of hydrogen-bond donors (Lipinski definition) is 0. The number of aromatic nitrogens is 1. The summed E-state index contributed by atoms with van der Waals surface area (Å²) in [6, 6.07) is 3.58. The molecule has 0 aliphatic heterocycles. The lowest BCUT2D eigenvalue weighted by atomic mass is 10.1. The van der Waals surface area contributed by atoms with Gasteiger partial charge in [-0.1, -0.05) is 12.6 Å². The van der Waals surface area contributed by atoms with Gasteiger partial charge in [0.2, 0.25) is 0 Å². The lowest BCUT2D eigenvalue weighted by molar-refractivity contribution is -0.136. The van der Waals surface area contributed by atoms with Crippen molar-refractivity contribution in [1.82, 2.24) is 4.98 Å². The SMILES string of the molecule is C=C(C(=O)OCC)c1cccnc1C. The van der Waals surface area contributed by atoms with E-state index in [-0.39, 0.29) is 5.97 Å². The van der Waals surface area contributed by atoms with Crippen LogP contribution in [-0.2, 0) is 9.53 Å². The van der Waals surface area contributed by atoms with Crippen molar-refractivity contribution in [2.24, 2.45) is 0 Å². The van der Waals surface area contributed by atoms with Crippen LogP contribution in [0.15, 0.2) is 24.9 Å². The van der Waals surface area contributed by atoms with Gasteiger partial charge in [0.25, 0.3) is 0 Å². The van der Waals surface area contributed by atoms with Crippen molar-refractivity contribution in [2.45, 2.75) is 13.8 Å². The highest BCUT2D eigenvalue weighted by molar-refractivity contribution is 6.15. The smallest absolute Gasteiger partial charge is 0.338 e. The molecule has 3 nitrogen and oxygen atoms in total. The number of rotatable bonds is 3. The fourth-order valence-electron chi connectivity index (χ4n) is 1.13. The second kappa shape index (κ2) is 4.56. The minimum absolute atomic E-state index is 0.358. The van der Waals surface area contributed by atoms with Crippen LogP contribution >= 0.6 is 0 Å². The third-order valence-electron chi connectivity index (χ3n) is 1.85. The van der Waals surface area contributed by atoms with Crippen molar-refractivity contribution in [1.29, 1.82) is 0 Å². The van der Waals surface area contributed by atoms with Crippen molar-refractivity contribution in [3.63, 3.8) is 0 Å². The van der Waals surface area contributed by atoms with Gasteiger partial charge in [-0.2, -0.15) is 0 Å². The molecule has 0 N–H and O–H groups in total. The molecule has 0 aliphatic rings. The molecule has 1 aromatic rings. The largest absolute Gasteiger partial charge is 0.462 e. The number of hydrogen-bond acceptors (Lipinski definition) is 3. The van der Waals surface area contributed by atoms with E-state index >= 15 is 0 Å². The summed E-state index contributed by atoms with van der Waals surface area (Å²) in [6.07, 6.45) is 1.68. The monoisotopic (exact) mass is 191 g/mol. The van der Waals surface area contributed by atoms with E-state index in [1.807, 2.05) is 13.0 Å². The average molecular weight is 191 g/mol. The minimum atomic E-state index is -0.386. The predicted octanol–water partition coefficient (Wildman–Crippen LogP) is 1.97. The molecule has 0 fully saturated rings. The Bertz CT molecular complexity index is 358. The van der Waals surface area contributed by atoms with Crippen molar-refractivity contribution in [3.05, 3.63) is 36.2 Å². The van der Waals surface area contributed by atoms with Crippen LogP contribution in [0.2, 0.25) is 0 Å². The topological polar surface area (TPSA) is 39.2 Å². The van der Waals surface area contributed by atoms with Gasteiger partial charge in [0.05, 0.1) is 12.2 Å². The number of ether oxygens (including phenoxy) is 1. The van der Waals surface area contributed by atoms with Gasteiger partial charge in [-0.15, -0.1) is 0 Å². The van der Waals surface area contributed by atoms with E-state index in [4.69, 9.17) is 4.74 Å². The molecular weight excluding hydrogens is 178 g/mol. The first-order chi connectivity index (χ1) is 6.66. The summed E-state index contributed by atoms with van der Waals surface area (Å²) in [6.45, 7) is 7.65. The molecule has 0 radical (unpaired) electrons. The molecular formula is C11H13NO2. The second-order valence-corrected chi connectivity index (χ2v) is 2.84. The summed E-state index contributed by atoms with van der Waals surface area (Å²) in [7, 11) is 0. The summed E-state index contributed by atoms with van der Waals surface area (Å²) < 4.78 is 4.85. The molecule has 14 heavy (non-hydrogen) atoms. The van der Waals surface area contributed by atoms with Gasteiger partial charge in [-0.3, -0.25) is 4.98 Å². The van der Waals surface area contributed by atoms with E-state index in [2.05, 4.69) is 11.6 Å². The first-order valence-electron chi connectivity index (χ1n) is 4.44. The Morgan fingerprint density at radius 2 is 2.36 bits per heavy atom. The summed E-state index contributed by atoms with van der Waals surface area (Å²) >= 11 is 0. The Kier molecular flexibility index (Phi) is 3.40. The first kappa shape index (κ1) is 10.4. The van der Waals surface area contributed by atoms with E-state index in [1.54, 1.807) is 19.2 Å². The lowest BCUT2D eigenvalue weighted by Gasteiger charge is -2.06. The first-order valence-corrected chi connectivity index (χ1v) is 4.44. The Morgan fingerprint density at radius 3 is 2.93 bits per heavy atom. The molecule has 0 unspecified atom stereocenters. The van der Waals surface area contributed by atoms with Gasteiger partial charge in [-0.05, 0) is 19.9 Å². The summed E-state index contributed by atoms with van der Waals surface area (Å²) in [5, 5.41) is 0. The Morgan fingerprint density at radius 1 is 1.64 bits per heavy atom. The maximum absolute atomic E-state index is 11.3. The zero-order valence-corrected chi connectivity index (χ0v) is 8.41. The molecule has 0 aliphatic carbocycles. The molecule has 1 heterocycles. The summed E-state index contributed by atoms with van der Waals surface area (Å²) in [5.41, 5.74) is 1.88. The van der Waals surface area contributed by atoms with E-state index in [0.717, 1.165) is 11.3 Å². The molecule has 0 aromatic carbocycles. The Labute approximate surface area is 83.4 Å². The maximum Gasteiger partial charge on any atom is 0.338 e. The minimum Gasteiger partial charge on any atom is -0.462 e. The third-order valence-corrected chi connectivity index (χ3v) is 1.85. The van der Waals surface area contributed by atoms with Crippen molar-refractivity contribution < 1.29 is 9.53 Å². The fraction of sp³-hybridized carbons (Fsp3) is 0.273. The molecule has 0 atom stereocenters. The van der Waals surface area contributed by atoms with Crippen molar-refractivity contribution in [3.8, 4) is 0 Å². The molecule has 74 valence electrons. The third kappa shape index (κ3) is 2.19. The van der Waals surface area contributed by atoms with Gasteiger partial charge < -0.3 is 4.74 Å². The van der Waals surface area contributed by atoms with Crippen molar-refractivity contribution in [2.75, 3.05) is 6.61 Å². The molecule has 0 amide bonds. The normalized spacial score (nSPS) is 9.57. The van der Waals surface area contributed by atoms with Crippen LogP contribution in [0.5, 0.6) is 0 Å². The predicted molar refractivity (Wildman–Crippen MR) is 54.6 cm³/mol. The van der Waals surface area contributed by atoms with Crippen LogP contribution in [0.3, 0.4) is 0 Å². The van der Waals surface area contributed by atoms with Gasteiger partial charge in [0.15, 0.2) is 0 Å². The molecule has 0 spiro atoms. The standard InChI is InChI=1S/C11H13NO2/c1-4-14-11(13)8(2)10-6-5-7-12-9(10)3/h5-7H,2,4H2,1,3H3. The number of esters is 1. The van der Waals surface area contributed by atoms with Crippen LogP contribution < -0.4 is 0 Å². The van der Waals surface area contributed by atoms with Crippen LogP contribution in [0.4, 0.5) is 0 Å². The van der Waals surface area contributed by atoms with Gasteiger partial charge in [-0.25, -0.2) is 4.79 Å². The number of pyridine rings is 1. The quantitative estimate of drug-likeness (QED) is 0.541. The van der Waals surface area contributed by atoms with Crippen LogP contribution in [-0.4, -0.2) is 17.6 Å². The Hall–Kier alpha value is -1.64. The van der Waals surface area contributed by atoms with Crippen LogP contribution in [0.25, 0.3) is 5.57 Å². The maximum atomic E-state index is 11.3. The van der Waals surface area contributed by atoms with E-state index in [9.17, 15) is 4.79 Å². The number of carbonyl (C=O) groups is 1. The van der Waals surface area contributed by atoms with E-state index in [0.29, 0.717) is 12.2 Å². The molecule has 1 rings (SSSR count). The summed E-state index contributed by atoms with van der Waals surface area (Å²) in [4.78, 5) is 15.4. The highest BCUT2D eigenvalue weighted by Crippen LogP contribution is 2.16. The highest BCUT2D eigenvalue weighted by atomic mass is 16.5. The van der Waals surface area contributed by atoms with E-state index in [1.165, 1.54) is 0 Å². The zero-order valence-electron chi connectivity index (χ0n) is 8.41. The highest BCUT2D eigenvalue weighted by Gasteiger charge is 2.12. The molecule has 0 saturated heterocycles. The molecule has 1 aromatic heterocycles. The number of aryl methyl sites for hydroxylation is 1. The lowest BCUT2D eigenvalue weighted by Crippen LogP contribution is -2.07. The molecule has 0 bridgehead atoms. The Balaban J connectivity index is 2.90. The summed E-state index contributed by atoms with van der Waals surface area (Å²) in [5.74, 6) is -0.386. The van der Waals surface area contributed by atoms with E-state index < -0.39 is 0 Å². The molecule has 3 heteroatoms. The second-order valence-electron chi connectivity index (χ2n) is 2.84. The molecule has 0 saturated carbocycles. The number of carbonyl (C=O) groups excluding carboxylic acids is 1. The van der Waals surface area contributed by atoms with Crippen LogP contribution in [0.1, 0.15) is 18.2 Å². The fourth-order valence-corrected chi connectivity index (χ4v) is 1.13. The average Bonchev–Trinajstić information content (AvgIpc) is 2.18. The van der Waals surface area contributed by atoms with Crippen molar-refractivity contribution >= 4 is 11.5 Å². The van der Waals surface area contributed by atoms with Gasteiger partial charge in [0, 0.05) is 17.5 Å². The van der Waals surface area contributed by atoms with Crippen LogP contribution in [0, 0.1) is 6.92 Å². The zero-order chi connectivity index (χ0) is 10.6.